The van der Waals surface area contributed by atoms with E-state index in [4.69, 9.17) is 9.47 Å². The molecular formula is C18H18N2O4. The lowest BCUT2D eigenvalue weighted by Gasteiger charge is -2.26. The summed E-state index contributed by atoms with van der Waals surface area (Å²) >= 11 is 0. The van der Waals surface area contributed by atoms with Gasteiger partial charge < -0.3 is 19.7 Å². The number of morpholine rings is 1. The zero-order valence-electron chi connectivity index (χ0n) is 13.1. The van der Waals surface area contributed by atoms with Crippen molar-refractivity contribution in [2.24, 2.45) is 0 Å². The van der Waals surface area contributed by atoms with E-state index in [0.717, 1.165) is 5.69 Å². The van der Waals surface area contributed by atoms with E-state index in [2.05, 4.69) is 5.32 Å². The summed E-state index contributed by atoms with van der Waals surface area (Å²) in [5.74, 6) is 0.345. The minimum Gasteiger partial charge on any atom is -0.484 e. The lowest BCUT2D eigenvalue weighted by atomic mass is 10.2. The Morgan fingerprint density at radius 1 is 1.12 bits per heavy atom. The van der Waals surface area contributed by atoms with Crippen molar-refractivity contribution >= 4 is 23.2 Å². The van der Waals surface area contributed by atoms with Crippen LogP contribution in [0, 0.1) is 0 Å². The quantitative estimate of drug-likeness (QED) is 0.913. The molecule has 0 aliphatic carbocycles. The van der Waals surface area contributed by atoms with E-state index < -0.39 is 0 Å². The van der Waals surface area contributed by atoms with Gasteiger partial charge in [-0.1, -0.05) is 18.2 Å². The van der Waals surface area contributed by atoms with Crippen LogP contribution in [0.2, 0.25) is 0 Å². The third-order valence-electron chi connectivity index (χ3n) is 3.56. The highest BCUT2D eigenvalue weighted by atomic mass is 16.5. The number of nitrogens with one attached hydrogen (secondary N) is 1. The summed E-state index contributed by atoms with van der Waals surface area (Å²) in [4.78, 5) is 25.4. The topological polar surface area (TPSA) is 67.9 Å². The molecule has 1 aliphatic rings. The van der Waals surface area contributed by atoms with E-state index in [1.54, 1.807) is 41.3 Å². The number of hydrogen-bond donors (Lipinski definition) is 1. The summed E-state index contributed by atoms with van der Waals surface area (Å²) in [6, 6.07) is 16.3. The van der Waals surface area contributed by atoms with Crippen LogP contribution < -0.4 is 15.0 Å². The Labute approximate surface area is 140 Å². The highest BCUT2D eigenvalue weighted by Gasteiger charge is 2.19. The van der Waals surface area contributed by atoms with Gasteiger partial charge in [-0.3, -0.25) is 9.59 Å². The van der Waals surface area contributed by atoms with Gasteiger partial charge in [-0.05, 0) is 36.4 Å². The van der Waals surface area contributed by atoms with Crippen LogP contribution in [0.25, 0.3) is 0 Å². The fourth-order valence-electron chi connectivity index (χ4n) is 2.38. The van der Waals surface area contributed by atoms with Gasteiger partial charge in [-0.2, -0.15) is 0 Å². The Kier molecular flexibility index (Phi) is 5.08. The summed E-state index contributed by atoms with van der Waals surface area (Å²) in [5.41, 5.74) is 1.45. The summed E-state index contributed by atoms with van der Waals surface area (Å²) in [6.07, 6.45) is 0. The van der Waals surface area contributed by atoms with Gasteiger partial charge in [0.15, 0.2) is 6.61 Å². The Bertz CT molecular complexity index is 701. The molecule has 1 saturated heterocycles. The third kappa shape index (κ3) is 4.11. The predicted molar refractivity (Wildman–Crippen MR) is 90.2 cm³/mol. The molecule has 0 saturated carbocycles. The molecule has 0 bridgehead atoms. The maximum atomic E-state index is 11.9. The number of rotatable bonds is 5. The van der Waals surface area contributed by atoms with E-state index in [9.17, 15) is 9.59 Å². The Hall–Kier alpha value is -2.86. The van der Waals surface area contributed by atoms with Crippen molar-refractivity contribution in [1.29, 1.82) is 0 Å². The average Bonchev–Trinajstić information content (AvgIpc) is 2.62. The normalized spacial score (nSPS) is 14.3. The van der Waals surface area contributed by atoms with Crippen LogP contribution in [-0.2, 0) is 14.3 Å². The van der Waals surface area contributed by atoms with Crippen molar-refractivity contribution in [2.75, 3.05) is 36.6 Å². The first-order valence-corrected chi connectivity index (χ1v) is 7.68. The van der Waals surface area contributed by atoms with Crippen molar-refractivity contribution in [3.63, 3.8) is 0 Å². The van der Waals surface area contributed by atoms with Crippen molar-refractivity contribution in [3.8, 4) is 5.75 Å². The second-order valence-corrected chi connectivity index (χ2v) is 5.29. The average molecular weight is 326 g/mol. The highest BCUT2D eigenvalue weighted by molar-refractivity contribution is 5.96. The van der Waals surface area contributed by atoms with Crippen LogP contribution in [0.4, 0.5) is 11.4 Å². The molecule has 1 heterocycles. The molecule has 124 valence electrons. The van der Waals surface area contributed by atoms with E-state index >= 15 is 0 Å². The zero-order valence-corrected chi connectivity index (χ0v) is 13.1. The number of benzene rings is 2. The summed E-state index contributed by atoms with van der Waals surface area (Å²) in [5, 5.41) is 2.76. The van der Waals surface area contributed by atoms with E-state index in [-0.39, 0.29) is 25.0 Å². The summed E-state index contributed by atoms with van der Waals surface area (Å²) < 4.78 is 10.5. The second-order valence-electron chi connectivity index (χ2n) is 5.29. The van der Waals surface area contributed by atoms with E-state index in [1.165, 1.54) is 0 Å². The highest BCUT2D eigenvalue weighted by Crippen LogP contribution is 2.19. The van der Waals surface area contributed by atoms with Crippen LogP contribution in [0.3, 0.4) is 0 Å². The van der Waals surface area contributed by atoms with Crippen LogP contribution in [-0.4, -0.2) is 38.2 Å². The molecule has 2 aromatic carbocycles. The largest absolute Gasteiger partial charge is 0.484 e. The van der Waals surface area contributed by atoms with Gasteiger partial charge in [0.1, 0.15) is 12.4 Å². The van der Waals surface area contributed by atoms with Gasteiger partial charge in [-0.15, -0.1) is 0 Å². The number of carbonyl (C=O) groups is 2. The fourth-order valence-corrected chi connectivity index (χ4v) is 2.38. The van der Waals surface area contributed by atoms with Gasteiger partial charge >= 0.3 is 0 Å². The molecule has 2 aromatic rings. The minimum absolute atomic E-state index is 0.0608. The first kappa shape index (κ1) is 16.0. The molecule has 6 heteroatoms. The maximum absolute atomic E-state index is 11.9. The molecule has 3 rings (SSSR count). The molecule has 2 amide bonds. The van der Waals surface area contributed by atoms with Gasteiger partial charge in [0.25, 0.3) is 11.8 Å². The van der Waals surface area contributed by atoms with Gasteiger partial charge in [0, 0.05) is 17.9 Å². The van der Waals surface area contributed by atoms with Gasteiger partial charge in [-0.25, -0.2) is 0 Å². The number of anilines is 2. The van der Waals surface area contributed by atoms with Crippen LogP contribution in [0.15, 0.2) is 54.6 Å². The molecule has 24 heavy (non-hydrogen) atoms. The molecule has 6 nitrogen and oxygen atoms in total. The summed E-state index contributed by atoms with van der Waals surface area (Å²) in [6.45, 7) is 1.11. The van der Waals surface area contributed by atoms with Crippen molar-refractivity contribution in [3.05, 3.63) is 54.6 Å². The Balaban J connectivity index is 1.54. The number of amides is 2. The molecule has 0 radical (unpaired) electrons. The van der Waals surface area contributed by atoms with E-state index in [0.29, 0.717) is 24.6 Å². The summed E-state index contributed by atoms with van der Waals surface area (Å²) in [7, 11) is 0. The molecular weight excluding hydrogens is 308 g/mol. The molecule has 0 atom stereocenters. The lowest BCUT2D eigenvalue weighted by molar-refractivity contribution is -0.125. The second kappa shape index (κ2) is 7.61. The van der Waals surface area contributed by atoms with Gasteiger partial charge in [0.05, 0.1) is 6.61 Å². The first-order valence-electron chi connectivity index (χ1n) is 7.68. The van der Waals surface area contributed by atoms with Crippen molar-refractivity contribution in [2.45, 2.75) is 0 Å². The Morgan fingerprint density at radius 2 is 1.88 bits per heavy atom. The zero-order chi connectivity index (χ0) is 16.8. The maximum Gasteiger partial charge on any atom is 0.262 e. The molecule has 1 N–H and O–H groups in total. The molecule has 0 spiro atoms. The number of carbonyl (C=O) groups excluding carboxylic acids is 2. The van der Waals surface area contributed by atoms with Crippen molar-refractivity contribution < 1.29 is 19.1 Å². The van der Waals surface area contributed by atoms with Gasteiger partial charge in [0.2, 0.25) is 0 Å². The predicted octanol–water partition coefficient (Wildman–Crippen LogP) is 2.07. The molecule has 1 aliphatic heterocycles. The molecule has 0 unspecified atom stereocenters. The van der Waals surface area contributed by atoms with Crippen LogP contribution in [0.5, 0.6) is 5.75 Å². The number of para-hydroxylation sites is 1. The number of nitrogens with zero attached hydrogens (tertiary/aromatic N) is 1. The standard InChI is InChI=1S/C18H18N2O4/c21-17(12-24-16-4-2-1-3-5-16)19-14-6-8-15(9-7-14)20-10-11-23-13-18(20)22/h1-9H,10-13H2,(H,19,21). The van der Waals surface area contributed by atoms with E-state index in [1.807, 2.05) is 18.2 Å². The first-order chi connectivity index (χ1) is 11.7. The fraction of sp³-hybridized carbons (Fsp3) is 0.222. The Morgan fingerprint density at radius 3 is 2.58 bits per heavy atom. The number of hydrogen-bond acceptors (Lipinski definition) is 4. The SMILES string of the molecule is O=C(COc1ccccc1)Nc1ccc(N2CCOCC2=O)cc1. The lowest BCUT2D eigenvalue weighted by Crippen LogP contribution is -2.41. The van der Waals surface area contributed by atoms with Crippen molar-refractivity contribution in [1.82, 2.24) is 0 Å². The van der Waals surface area contributed by atoms with Crippen LogP contribution >= 0.6 is 0 Å². The molecule has 1 fully saturated rings. The molecule has 0 aromatic heterocycles. The third-order valence-corrected chi connectivity index (χ3v) is 3.56. The monoisotopic (exact) mass is 326 g/mol. The minimum atomic E-state index is -0.242. The smallest absolute Gasteiger partial charge is 0.262 e. The number of ether oxygens (including phenoxy) is 2. The van der Waals surface area contributed by atoms with Crippen LogP contribution in [0.1, 0.15) is 0 Å².